The third-order valence-electron chi connectivity index (χ3n) is 6.50. The summed E-state index contributed by atoms with van der Waals surface area (Å²) in [6.45, 7) is 0. The summed E-state index contributed by atoms with van der Waals surface area (Å²) in [6, 6.07) is 7.84. The summed E-state index contributed by atoms with van der Waals surface area (Å²) in [6.07, 6.45) is 2.03. The van der Waals surface area contributed by atoms with Gasteiger partial charge in [0.15, 0.2) is 0 Å². The van der Waals surface area contributed by atoms with E-state index in [0.717, 1.165) is 6.07 Å². The average Bonchev–Trinajstić information content (AvgIpc) is 3.37. The number of carbonyl (C=O) groups is 2. The lowest BCUT2D eigenvalue weighted by Crippen LogP contribution is -2.50. The molecule has 31 heavy (non-hydrogen) atoms. The number of amides is 2. The molecule has 2 fully saturated rings. The molecule has 0 atom stereocenters. The van der Waals surface area contributed by atoms with Crippen molar-refractivity contribution in [2.24, 2.45) is 11.7 Å². The van der Waals surface area contributed by atoms with Crippen molar-refractivity contribution in [2.45, 2.75) is 37.1 Å². The number of rotatable bonds is 5. The molecule has 0 saturated heterocycles. The number of hydrogen-bond donors (Lipinski definition) is 3. The van der Waals surface area contributed by atoms with Gasteiger partial charge < -0.3 is 16.0 Å². The summed E-state index contributed by atoms with van der Waals surface area (Å²) in [5, 5.41) is 3.17. The first-order valence-corrected chi connectivity index (χ1v) is 10.2. The molecule has 2 aromatic carbocycles. The summed E-state index contributed by atoms with van der Waals surface area (Å²) in [7, 11) is 0. The second-order valence-electron chi connectivity index (χ2n) is 8.53. The fourth-order valence-corrected chi connectivity index (χ4v) is 4.47. The maximum Gasteiger partial charge on any atom is 0.243 e. The van der Waals surface area contributed by atoms with Crippen LogP contribution >= 0.6 is 0 Å². The van der Waals surface area contributed by atoms with E-state index < -0.39 is 28.9 Å². The molecule has 5 rings (SSSR count). The molecule has 2 saturated carbocycles. The fourth-order valence-electron chi connectivity index (χ4n) is 4.47. The van der Waals surface area contributed by atoms with Crippen LogP contribution in [0.15, 0.2) is 36.4 Å². The van der Waals surface area contributed by atoms with Crippen LogP contribution in [0.3, 0.4) is 0 Å². The van der Waals surface area contributed by atoms with Gasteiger partial charge in [-0.15, -0.1) is 0 Å². The summed E-state index contributed by atoms with van der Waals surface area (Å²) in [4.78, 5) is 27.1. The molecule has 3 aromatic rings. The monoisotopic (exact) mass is 427 g/mol. The highest BCUT2D eigenvalue weighted by molar-refractivity contribution is 5.95. The first-order chi connectivity index (χ1) is 14.8. The number of benzene rings is 2. The quantitative estimate of drug-likeness (QED) is 0.577. The SMILES string of the molecule is NC(=O)C1(NC(=O)C2CC(c3c(-c4ccc(F)cc4)[nH]c4c(F)cc(F)cc34)C2)CC1. The van der Waals surface area contributed by atoms with Gasteiger partial charge >= 0.3 is 0 Å². The molecule has 2 aliphatic carbocycles. The molecule has 160 valence electrons. The predicted octanol–water partition coefficient (Wildman–Crippen LogP) is 3.88. The van der Waals surface area contributed by atoms with Crippen molar-refractivity contribution in [1.82, 2.24) is 10.3 Å². The topological polar surface area (TPSA) is 88.0 Å². The standard InChI is InChI=1S/C23H20F3N3O2/c24-14-3-1-11(2-4-14)19-18(16-9-15(25)10-17(26)20(16)28-19)12-7-13(8-12)21(30)29-23(5-6-23)22(27)31/h1-4,9-10,12-13,28H,5-8H2,(H2,27,31)(H,29,30). The third-order valence-corrected chi connectivity index (χ3v) is 6.50. The maximum atomic E-state index is 14.4. The highest BCUT2D eigenvalue weighted by Gasteiger charge is 2.51. The van der Waals surface area contributed by atoms with E-state index in [9.17, 15) is 22.8 Å². The zero-order chi connectivity index (χ0) is 21.9. The van der Waals surface area contributed by atoms with Crippen LogP contribution in [0.5, 0.6) is 0 Å². The zero-order valence-electron chi connectivity index (χ0n) is 16.5. The smallest absolute Gasteiger partial charge is 0.243 e. The molecule has 1 heterocycles. The van der Waals surface area contributed by atoms with Crippen molar-refractivity contribution in [2.75, 3.05) is 0 Å². The van der Waals surface area contributed by atoms with Gasteiger partial charge in [-0.1, -0.05) is 0 Å². The van der Waals surface area contributed by atoms with Crippen molar-refractivity contribution < 1.29 is 22.8 Å². The van der Waals surface area contributed by atoms with Crippen LogP contribution in [0, 0.1) is 23.4 Å². The molecule has 0 aliphatic heterocycles. The van der Waals surface area contributed by atoms with Gasteiger partial charge in [-0.3, -0.25) is 9.59 Å². The van der Waals surface area contributed by atoms with Gasteiger partial charge in [0.25, 0.3) is 0 Å². The Kier molecular flexibility index (Phi) is 4.35. The number of hydrogen-bond acceptors (Lipinski definition) is 2. The van der Waals surface area contributed by atoms with E-state index in [1.54, 1.807) is 12.1 Å². The molecular formula is C23H20F3N3O2. The lowest BCUT2D eigenvalue weighted by molar-refractivity contribution is -0.132. The predicted molar refractivity (Wildman–Crippen MR) is 108 cm³/mol. The molecule has 0 spiro atoms. The molecule has 5 nitrogen and oxygen atoms in total. The van der Waals surface area contributed by atoms with E-state index in [-0.39, 0.29) is 23.3 Å². The summed E-state index contributed by atoms with van der Waals surface area (Å²) in [5.41, 5.74) is 6.56. The Morgan fingerprint density at radius 3 is 2.32 bits per heavy atom. The highest BCUT2D eigenvalue weighted by Crippen LogP contribution is 2.49. The van der Waals surface area contributed by atoms with Crippen LogP contribution in [-0.2, 0) is 9.59 Å². The van der Waals surface area contributed by atoms with Crippen LogP contribution in [-0.4, -0.2) is 22.3 Å². The van der Waals surface area contributed by atoms with Gasteiger partial charge in [0.05, 0.1) is 11.2 Å². The highest BCUT2D eigenvalue weighted by atomic mass is 19.1. The summed E-state index contributed by atoms with van der Waals surface area (Å²) in [5.74, 6) is -2.99. The lowest BCUT2D eigenvalue weighted by atomic mass is 9.69. The van der Waals surface area contributed by atoms with Crippen LogP contribution in [0.2, 0.25) is 0 Å². The lowest BCUT2D eigenvalue weighted by Gasteiger charge is -2.35. The van der Waals surface area contributed by atoms with Gasteiger partial charge in [0.2, 0.25) is 11.8 Å². The molecule has 0 radical (unpaired) electrons. The minimum absolute atomic E-state index is 0.116. The first-order valence-electron chi connectivity index (χ1n) is 10.2. The van der Waals surface area contributed by atoms with E-state index in [0.29, 0.717) is 47.9 Å². The number of fused-ring (bicyclic) bond motifs is 1. The van der Waals surface area contributed by atoms with Crippen molar-refractivity contribution in [3.05, 3.63) is 59.4 Å². The van der Waals surface area contributed by atoms with Crippen LogP contribution in [0.4, 0.5) is 13.2 Å². The fraction of sp³-hybridized carbons (Fsp3) is 0.304. The van der Waals surface area contributed by atoms with Crippen molar-refractivity contribution in [3.63, 3.8) is 0 Å². The largest absolute Gasteiger partial charge is 0.368 e. The number of primary amides is 1. The van der Waals surface area contributed by atoms with Gasteiger partial charge in [0, 0.05) is 17.4 Å². The molecule has 2 aliphatic rings. The molecular weight excluding hydrogens is 407 g/mol. The Morgan fingerprint density at radius 2 is 1.71 bits per heavy atom. The minimum Gasteiger partial charge on any atom is -0.368 e. The molecule has 8 heteroatoms. The first kappa shape index (κ1) is 19.7. The van der Waals surface area contributed by atoms with Gasteiger partial charge in [-0.05, 0) is 73.1 Å². The van der Waals surface area contributed by atoms with Gasteiger partial charge in [-0.2, -0.15) is 0 Å². The van der Waals surface area contributed by atoms with E-state index in [2.05, 4.69) is 10.3 Å². The molecule has 4 N–H and O–H groups in total. The minimum atomic E-state index is -0.922. The molecule has 2 amide bonds. The van der Waals surface area contributed by atoms with E-state index in [1.165, 1.54) is 18.2 Å². The number of aromatic amines is 1. The third kappa shape index (κ3) is 3.26. The number of carbonyl (C=O) groups excluding carboxylic acids is 2. The number of H-pyrrole nitrogens is 1. The van der Waals surface area contributed by atoms with E-state index >= 15 is 0 Å². The zero-order valence-corrected chi connectivity index (χ0v) is 16.5. The van der Waals surface area contributed by atoms with Gasteiger partial charge in [0.1, 0.15) is 23.0 Å². The van der Waals surface area contributed by atoms with E-state index in [4.69, 9.17) is 5.73 Å². The van der Waals surface area contributed by atoms with E-state index in [1.807, 2.05) is 0 Å². The number of halogens is 3. The number of aromatic nitrogens is 1. The second kappa shape index (κ2) is 6.87. The Morgan fingerprint density at radius 1 is 1.03 bits per heavy atom. The molecule has 1 aromatic heterocycles. The van der Waals surface area contributed by atoms with Crippen molar-refractivity contribution in [3.8, 4) is 11.3 Å². The Hall–Kier alpha value is -3.29. The van der Waals surface area contributed by atoms with Crippen LogP contribution in [0.25, 0.3) is 22.2 Å². The Bertz CT molecular complexity index is 1210. The van der Waals surface area contributed by atoms with Crippen molar-refractivity contribution >= 4 is 22.7 Å². The van der Waals surface area contributed by atoms with Crippen molar-refractivity contribution in [1.29, 1.82) is 0 Å². The summed E-state index contributed by atoms with van der Waals surface area (Å²) >= 11 is 0. The molecule has 0 unspecified atom stereocenters. The van der Waals surface area contributed by atoms with Crippen LogP contribution in [0.1, 0.15) is 37.2 Å². The normalized spacial score (nSPS) is 21.5. The Balaban J connectivity index is 1.47. The maximum absolute atomic E-state index is 14.4. The summed E-state index contributed by atoms with van der Waals surface area (Å²) < 4.78 is 41.8. The second-order valence-corrected chi connectivity index (χ2v) is 8.53. The molecule has 0 bridgehead atoms. The Labute approximate surface area is 175 Å². The van der Waals surface area contributed by atoms with Crippen LogP contribution < -0.4 is 11.1 Å². The van der Waals surface area contributed by atoms with Gasteiger partial charge in [-0.25, -0.2) is 13.2 Å². The number of nitrogens with two attached hydrogens (primary N) is 1. The average molecular weight is 427 g/mol. The number of nitrogens with one attached hydrogen (secondary N) is 2.